The van der Waals surface area contributed by atoms with Gasteiger partial charge in [-0.25, -0.2) is 4.39 Å². The molecular weight excluding hydrogens is 325 g/mol. The lowest BCUT2D eigenvalue weighted by atomic mass is 10.2. The summed E-state index contributed by atoms with van der Waals surface area (Å²) in [5.74, 6) is 0.244. The molecule has 0 aliphatic rings. The summed E-state index contributed by atoms with van der Waals surface area (Å²) in [5, 5.41) is 8.66. The number of ether oxygens (including phenoxy) is 1. The second-order valence-corrected chi connectivity index (χ2v) is 5.58. The minimum atomic E-state index is -0.465. The maximum Gasteiger partial charge on any atom is 0.217 e. The van der Waals surface area contributed by atoms with Crippen molar-refractivity contribution in [1.82, 2.24) is 10.2 Å². The third-order valence-corrected chi connectivity index (χ3v) is 3.98. The summed E-state index contributed by atoms with van der Waals surface area (Å²) in [6, 6.07) is 12.0. The van der Waals surface area contributed by atoms with Gasteiger partial charge in [-0.3, -0.25) is 4.90 Å². The van der Waals surface area contributed by atoms with Crippen LogP contribution in [0.2, 0.25) is 5.02 Å². The molecular formula is C15H11ClFN3OS. The van der Waals surface area contributed by atoms with Gasteiger partial charge in [-0.15, -0.1) is 10.2 Å². The Hall–Kier alpha value is -2.18. The van der Waals surface area contributed by atoms with E-state index in [4.69, 9.17) is 16.3 Å². The van der Waals surface area contributed by atoms with Crippen molar-refractivity contribution in [2.75, 3.05) is 12.0 Å². The van der Waals surface area contributed by atoms with Crippen molar-refractivity contribution in [1.29, 1.82) is 0 Å². The van der Waals surface area contributed by atoms with E-state index in [2.05, 4.69) is 10.2 Å². The zero-order valence-corrected chi connectivity index (χ0v) is 13.1. The molecule has 1 aromatic heterocycles. The molecule has 3 aromatic rings. The van der Waals surface area contributed by atoms with Gasteiger partial charge in [0.25, 0.3) is 0 Å². The molecule has 0 atom stereocenters. The van der Waals surface area contributed by atoms with Crippen LogP contribution in [0.15, 0.2) is 48.0 Å². The van der Waals surface area contributed by atoms with Crippen molar-refractivity contribution in [2.24, 2.45) is 0 Å². The van der Waals surface area contributed by atoms with Crippen molar-refractivity contribution in [2.45, 2.75) is 0 Å². The maximum absolute atomic E-state index is 13.4. The molecule has 0 N–H and O–H groups in total. The van der Waals surface area contributed by atoms with Crippen molar-refractivity contribution < 1.29 is 9.13 Å². The van der Waals surface area contributed by atoms with Crippen LogP contribution in [0.5, 0.6) is 5.75 Å². The molecule has 0 spiro atoms. The van der Waals surface area contributed by atoms with Crippen LogP contribution in [0.4, 0.5) is 20.9 Å². The third-order valence-electron chi connectivity index (χ3n) is 3.01. The largest absolute Gasteiger partial charge is 0.497 e. The minimum absolute atomic E-state index is 0.0508. The van der Waals surface area contributed by atoms with Crippen molar-refractivity contribution >= 4 is 39.4 Å². The van der Waals surface area contributed by atoms with E-state index < -0.39 is 5.82 Å². The summed E-state index contributed by atoms with van der Waals surface area (Å²) in [6.45, 7) is 0. The first-order valence-corrected chi connectivity index (χ1v) is 7.60. The van der Waals surface area contributed by atoms with Crippen LogP contribution in [0.3, 0.4) is 0 Å². The van der Waals surface area contributed by atoms with Crippen LogP contribution in [0.1, 0.15) is 0 Å². The van der Waals surface area contributed by atoms with Crippen molar-refractivity contribution in [3.05, 3.63) is 58.8 Å². The lowest BCUT2D eigenvalue weighted by Gasteiger charge is -2.22. The maximum atomic E-state index is 13.4. The number of benzene rings is 2. The Morgan fingerprint density at radius 1 is 1.18 bits per heavy atom. The first-order chi connectivity index (χ1) is 10.7. The Balaban J connectivity index is 2.13. The first kappa shape index (κ1) is 14.7. The molecule has 0 fully saturated rings. The Morgan fingerprint density at radius 3 is 2.68 bits per heavy atom. The zero-order valence-electron chi connectivity index (χ0n) is 11.5. The van der Waals surface area contributed by atoms with Crippen molar-refractivity contribution in [3.8, 4) is 5.75 Å². The normalized spacial score (nSPS) is 10.5. The fourth-order valence-electron chi connectivity index (χ4n) is 2.01. The van der Waals surface area contributed by atoms with Gasteiger partial charge < -0.3 is 4.74 Å². The molecule has 2 aromatic carbocycles. The lowest BCUT2D eigenvalue weighted by molar-refractivity contribution is 0.415. The number of aromatic nitrogens is 2. The van der Waals surface area contributed by atoms with E-state index in [9.17, 15) is 4.39 Å². The van der Waals surface area contributed by atoms with Gasteiger partial charge in [-0.2, -0.15) is 0 Å². The van der Waals surface area contributed by atoms with Gasteiger partial charge in [-0.1, -0.05) is 29.0 Å². The number of methoxy groups -OCH3 is 1. The molecule has 0 aliphatic heterocycles. The second-order valence-electron chi connectivity index (χ2n) is 4.36. The van der Waals surface area contributed by atoms with Gasteiger partial charge in [0.1, 0.15) is 17.1 Å². The second kappa shape index (κ2) is 6.29. The molecule has 0 radical (unpaired) electrons. The number of nitrogens with zero attached hydrogens (tertiary/aromatic N) is 3. The number of anilines is 3. The first-order valence-electron chi connectivity index (χ1n) is 6.34. The van der Waals surface area contributed by atoms with Crippen LogP contribution in [0, 0.1) is 5.82 Å². The molecule has 0 saturated heterocycles. The van der Waals surface area contributed by atoms with Crippen LogP contribution in [-0.2, 0) is 0 Å². The minimum Gasteiger partial charge on any atom is -0.497 e. The predicted molar refractivity (Wildman–Crippen MR) is 86.1 cm³/mol. The molecule has 0 saturated carbocycles. The summed E-state index contributed by atoms with van der Waals surface area (Å²) in [7, 11) is 1.60. The quantitative estimate of drug-likeness (QED) is 0.686. The van der Waals surface area contributed by atoms with Gasteiger partial charge in [0, 0.05) is 6.07 Å². The average Bonchev–Trinajstić information content (AvgIpc) is 3.05. The molecule has 0 aliphatic carbocycles. The van der Waals surface area contributed by atoms with Gasteiger partial charge in [0.05, 0.1) is 23.5 Å². The van der Waals surface area contributed by atoms with E-state index in [1.54, 1.807) is 24.8 Å². The van der Waals surface area contributed by atoms with Gasteiger partial charge >= 0.3 is 0 Å². The van der Waals surface area contributed by atoms with Crippen LogP contribution < -0.4 is 9.64 Å². The summed E-state index contributed by atoms with van der Waals surface area (Å²) >= 11 is 7.28. The van der Waals surface area contributed by atoms with Crippen LogP contribution in [0.25, 0.3) is 0 Å². The van der Waals surface area contributed by atoms with Gasteiger partial charge in [0.2, 0.25) is 5.13 Å². The van der Waals surface area contributed by atoms with Crippen LogP contribution >= 0.6 is 22.9 Å². The van der Waals surface area contributed by atoms with E-state index in [1.165, 1.54) is 17.4 Å². The molecule has 4 nitrogen and oxygen atoms in total. The third kappa shape index (κ3) is 2.88. The average molecular weight is 336 g/mol. The topological polar surface area (TPSA) is 38.2 Å². The molecule has 7 heteroatoms. The highest BCUT2D eigenvalue weighted by Gasteiger charge is 2.17. The summed E-state index contributed by atoms with van der Waals surface area (Å²) in [6.07, 6.45) is 0. The molecule has 0 bridgehead atoms. The van der Waals surface area contributed by atoms with Gasteiger partial charge in [0.15, 0.2) is 0 Å². The molecule has 22 heavy (non-hydrogen) atoms. The SMILES string of the molecule is COc1cccc(N(c2ccc(F)c(Cl)c2)c2nncs2)c1. The fourth-order valence-corrected chi connectivity index (χ4v) is 2.78. The molecule has 112 valence electrons. The molecule has 1 heterocycles. The Morgan fingerprint density at radius 2 is 2.00 bits per heavy atom. The smallest absolute Gasteiger partial charge is 0.217 e. The van der Waals surface area contributed by atoms with E-state index in [0.29, 0.717) is 16.6 Å². The highest BCUT2D eigenvalue weighted by molar-refractivity contribution is 7.13. The molecule has 0 amide bonds. The Kier molecular flexibility index (Phi) is 4.22. The van der Waals surface area contributed by atoms with E-state index in [1.807, 2.05) is 29.2 Å². The van der Waals surface area contributed by atoms with E-state index in [-0.39, 0.29) is 5.02 Å². The lowest BCUT2D eigenvalue weighted by Crippen LogP contribution is -2.10. The molecule has 0 unspecified atom stereocenters. The highest BCUT2D eigenvalue weighted by atomic mass is 35.5. The standard InChI is InChI=1S/C15H11ClFN3OS/c1-21-12-4-2-3-10(7-12)20(15-19-18-9-22-15)11-5-6-14(17)13(16)8-11/h2-9H,1H3. The fraction of sp³-hybridized carbons (Fsp3) is 0.0667. The summed E-state index contributed by atoms with van der Waals surface area (Å²) < 4.78 is 18.7. The van der Waals surface area contributed by atoms with Crippen LogP contribution in [-0.4, -0.2) is 17.3 Å². The van der Waals surface area contributed by atoms with Gasteiger partial charge in [-0.05, 0) is 30.3 Å². The molecule has 3 rings (SSSR count). The number of halogens is 2. The number of rotatable bonds is 4. The Bertz CT molecular complexity index is 782. The highest BCUT2D eigenvalue weighted by Crippen LogP contribution is 2.37. The number of hydrogen-bond donors (Lipinski definition) is 0. The predicted octanol–water partition coefficient (Wildman–Crippen LogP) is 4.81. The van der Waals surface area contributed by atoms with Crippen molar-refractivity contribution in [3.63, 3.8) is 0 Å². The number of hydrogen-bond acceptors (Lipinski definition) is 5. The van der Waals surface area contributed by atoms with E-state index in [0.717, 1.165) is 5.69 Å². The van der Waals surface area contributed by atoms with E-state index >= 15 is 0 Å². The summed E-state index contributed by atoms with van der Waals surface area (Å²) in [5.41, 5.74) is 3.14. The Labute approximate surface area is 135 Å². The summed E-state index contributed by atoms with van der Waals surface area (Å²) in [4.78, 5) is 1.84. The monoisotopic (exact) mass is 335 g/mol. The zero-order chi connectivity index (χ0) is 15.5.